The van der Waals surface area contributed by atoms with E-state index in [0.29, 0.717) is 10.8 Å². The van der Waals surface area contributed by atoms with E-state index in [1.165, 1.54) is 36.9 Å². The second-order valence-electron chi connectivity index (χ2n) is 5.50. The van der Waals surface area contributed by atoms with E-state index in [-0.39, 0.29) is 11.3 Å². The summed E-state index contributed by atoms with van der Waals surface area (Å²) in [5.74, 6) is -0.570. The van der Waals surface area contributed by atoms with E-state index in [9.17, 15) is 19.7 Å². The smallest absolute Gasteiger partial charge is 0.325 e. The zero-order chi connectivity index (χ0) is 17.6. The van der Waals surface area contributed by atoms with E-state index >= 15 is 0 Å². The zero-order valence-corrected chi connectivity index (χ0v) is 14.1. The highest BCUT2D eigenvalue weighted by molar-refractivity contribution is 7.99. The third-order valence-corrected chi connectivity index (χ3v) is 4.18. The Hall–Kier alpha value is -2.09. The summed E-state index contributed by atoms with van der Waals surface area (Å²) >= 11 is 1.38. The Labute approximate surface area is 138 Å². The molecule has 23 heavy (non-hydrogen) atoms. The van der Waals surface area contributed by atoms with Crippen molar-refractivity contribution in [3.05, 3.63) is 33.9 Å². The van der Waals surface area contributed by atoms with Gasteiger partial charge in [-0.05, 0) is 37.1 Å². The summed E-state index contributed by atoms with van der Waals surface area (Å²) in [5, 5.41) is 22.2. The number of hydrogen-bond donors (Lipinski definition) is 2. The van der Waals surface area contributed by atoms with Crippen LogP contribution in [0.1, 0.15) is 37.6 Å². The minimum absolute atomic E-state index is 0.0676. The van der Waals surface area contributed by atoms with Crippen LogP contribution < -0.4 is 5.32 Å². The molecule has 0 saturated heterocycles. The molecule has 0 radical (unpaired) electrons. The van der Waals surface area contributed by atoms with E-state index in [4.69, 9.17) is 5.11 Å². The number of carboxylic acids is 1. The molecule has 0 heterocycles. The van der Waals surface area contributed by atoms with Gasteiger partial charge in [0.05, 0.1) is 9.82 Å². The number of benzene rings is 1. The standard InChI is InChI=1S/C15H20N2O5S/c1-9(2)6-7-23-13-5-4-11(8-12(13)17(21)22)14(18)16-10(3)15(19)20/h4-5,8-10H,6-7H2,1-3H3,(H,16,18)(H,19,20)/t10-/m0/s1. The second kappa shape index (κ2) is 8.52. The normalized spacial score (nSPS) is 12.0. The fourth-order valence-corrected chi connectivity index (χ4v) is 2.92. The van der Waals surface area contributed by atoms with Gasteiger partial charge in [0, 0.05) is 11.6 Å². The van der Waals surface area contributed by atoms with Gasteiger partial charge in [0.25, 0.3) is 11.6 Å². The predicted octanol–water partition coefficient (Wildman–Crippen LogP) is 2.94. The highest BCUT2D eigenvalue weighted by Gasteiger charge is 2.20. The largest absolute Gasteiger partial charge is 0.480 e. The lowest BCUT2D eigenvalue weighted by Gasteiger charge is -2.10. The molecule has 0 saturated carbocycles. The lowest BCUT2D eigenvalue weighted by molar-refractivity contribution is -0.387. The first-order valence-electron chi connectivity index (χ1n) is 7.17. The van der Waals surface area contributed by atoms with Gasteiger partial charge in [-0.3, -0.25) is 19.7 Å². The van der Waals surface area contributed by atoms with Crippen molar-refractivity contribution < 1.29 is 19.6 Å². The maximum atomic E-state index is 11.9. The van der Waals surface area contributed by atoms with Crippen molar-refractivity contribution in [2.45, 2.75) is 38.1 Å². The molecule has 0 aliphatic heterocycles. The van der Waals surface area contributed by atoms with Crippen molar-refractivity contribution in [2.75, 3.05) is 5.75 Å². The van der Waals surface area contributed by atoms with E-state index in [1.807, 2.05) is 0 Å². The summed E-state index contributed by atoms with van der Waals surface area (Å²) in [6, 6.07) is 3.11. The van der Waals surface area contributed by atoms with Crippen molar-refractivity contribution in [3.8, 4) is 0 Å². The molecular weight excluding hydrogens is 320 g/mol. The molecule has 0 fully saturated rings. The number of nitrogens with one attached hydrogen (secondary N) is 1. The lowest BCUT2D eigenvalue weighted by atomic mass is 10.1. The Kier molecular flexibility index (Phi) is 7.02. The Morgan fingerprint density at radius 3 is 2.52 bits per heavy atom. The number of rotatable bonds is 8. The molecule has 0 spiro atoms. The number of carboxylic acid groups (broad SMARTS) is 1. The third-order valence-electron chi connectivity index (χ3n) is 3.09. The van der Waals surface area contributed by atoms with Crippen LogP contribution in [-0.2, 0) is 4.79 Å². The van der Waals surface area contributed by atoms with Gasteiger partial charge in [-0.2, -0.15) is 0 Å². The highest BCUT2D eigenvalue weighted by Crippen LogP contribution is 2.31. The van der Waals surface area contributed by atoms with Gasteiger partial charge in [0.15, 0.2) is 0 Å². The number of nitro benzene ring substituents is 1. The SMILES string of the molecule is CC(C)CCSc1ccc(C(=O)N[C@@H](C)C(=O)O)cc1[N+](=O)[O-]. The maximum absolute atomic E-state index is 11.9. The van der Waals surface area contributed by atoms with Crippen LogP contribution in [-0.4, -0.2) is 33.7 Å². The molecule has 0 aliphatic carbocycles. The average molecular weight is 340 g/mol. The van der Waals surface area contributed by atoms with Crippen LogP contribution in [0, 0.1) is 16.0 Å². The van der Waals surface area contributed by atoms with Gasteiger partial charge in [0.1, 0.15) is 6.04 Å². The molecule has 1 atom stereocenters. The molecule has 8 heteroatoms. The summed E-state index contributed by atoms with van der Waals surface area (Å²) in [6.45, 7) is 5.48. The second-order valence-corrected chi connectivity index (χ2v) is 6.64. The highest BCUT2D eigenvalue weighted by atomic mass is 32.2. The molecule has 7 nitrogen and oxygen atoms in total. The van der Waals surface area contributed by atoms with Gasteiger partial charge < -0.3 is 10.4 Å². The Morgan fingerprint density at radius 2 is 2.00 bits per heavy atom. The molecule has 2 N–H and O–H groups in total. The first-order chi connectivity index (χ1) is 10.7. The fourth-order valence-electron chi connectivity index (χ4n) is 1.67. The molecule has 1 amide bonds. The molecule has 1 aromatic rings. The summed E-state index contributed by atoms with van der Waals surface area (Å²) in [6.07, 6.45) is 0.931. The van der Waals surface area contributed by atoms with Gasteiger partial charge >= 0.3 is 5.97 Å². The number of aliphatic carboxylic acids is 1. The number of nitro groups is 1. The van der Waals surface area contributed by atoms with Crippen LogP contribution in [0.15, 0.2) is 23.1 Å². The maximum Gasteiger partial charge on any atom is 0.325 e. The van der Waals surface area contributed by atoms with Gasteiger partial charge in [-0.1, -0.05) is 13.8 Å². The number of carbonyl (C=O) groups excluding carboxylic acids is 1. The number of thioether (sulfide) groups is 1. The van der Waals surface area contributed by atoms with E-state index in [2.05, 4.69) is 19.2 Å². The third kappa shape index (κ3) is 5.90. The van der Waals surface area contributed by atoms with Gasteiger partial charge in [-0.25, -0.2) is 0 Å². The van der Waals surface area contributed by atoms with Gasteiger partial charge in [0.2, 0.25) is 0 Å². The molecular formula is C15H20N2O5S. The lowest BCUT2D eigenvalue weighted by Crippen LogP contribution is -2.38. The number of carbonyl (C=O) groups is 2. The van der Waals surface area contributed by atoms with Crippen LogP contribution in [0.5, 0.6) is 0 Å². The first-order valence-corrected chi connectivity index (χ1v) is 8.15. The van der Waals surface area contributed by atoms with Gasteiger partial charge in [-0.15, -0.1) is 11.8 Å². The van der Waals surface area contributed by atoms with Crippen molar-refractivity contribution in [1.82, 2.24) is 5.32 Å². The zero-order valence-electron chi connectivity index (χ0n) is 13.2. The average Bonchev–Trinajstić information content (AvgIpc) is 2.46. The van der Waals surface area contributed by atoms with Crippen molar-refractivity contribution in [2.24, 2.45) is 5.92 Å². The quantitative estimate of drug-likeness (QED) is 0.428. The number of nitrogens with zero attached hydrogens (tertiary/aromatic N) is 1. The van der Waals surface area contributed by atoms with E-state index in [1.54, 1.807) is 0 Å². The Balaban J connectivity index is 2.92. The van der Waals surface area contributed by atoms with E-state index < -0.39 is 22.8 Å². The molecule has 0 unspecified atom stereocenters. The Bertz CT molecular complexity index is 604. The van der Waals surface area contributed by atoms with Crippen LogP contribution in [0.4, 0.5) is 5.69 Å². The summed E-state index contributed by atoms with van der Waals surface area (Å²) in [4.78, 5) is 33.8. The molecule has 0 aromatic heterocycles. The van der Waals surface area contributed by atoms with Crippen molar-refractivity contribution in [3.63, 3.8) is 0 Å². The molecule has 1 aromatic carbocycles. The van der Waals surface area contributed by atoms with Crippen LogP contribution in [0.3, 0.4) is 0 Å². The summed E-state index contributed by atoms with van der Waals surface area (Å²) in [5.41, 5.74) is -0.0765. The predicted molar refractivity (Wildman–Crippen MR) is 87.8 cm³/mol. The number of amides is 1. The molecule has 0 aliphatic rings. The minimum Gasteiger partial charge on any atom is -0.480 e. The summed E-state index contributed by atoms with van der Waals surface area (Å²) < 4.78 is 0. The van der Waals surface area contributed by atoms with Crippen LogP contribution >= 0.6 is 11.8 Å². The fraction of sp³-hybridized carbons (Fsp3) is 0.467. The minimum atomic E-state index is -1.17. The molecule has 0 bridgehead atoms. The molecule has 126 valence electrons. The van der Waals surface area contributed by atoms with Crippen LogP contribution in [0.25, 0.3) is 0 Å². The first kappa shape index (κ1) is 19.0. The molecule has 1 rings (SSSR count). The number of hydrogen-bond acceptors (Lipinski definition) is 5. The topological polar surface area (TPSA) is 110 Å². The van der Waals surface area contributed by atoms with Crippen LogP contribution in [0.2, 0.25) is 0 Å². The van der Waals surface area contributed by atoms with Crippen molar-refractivity contribution in [1.29, 1.82) is 0 Å². The van der Waals surface area contributed by atoms with Crippen molar-refractivity contribution >= 4 is 29.3 Å². The van der Waals surface area contributed by atoms with E-state index in [0.717, 1.165) is 12.2 Å². The summed E-state index contributed by atoms with van der Waals surface area (Å²) in [7, 11) is 0. The Morgan fingerprint density at radius 1 is 1.35 bits per heavy atom. The monoisotopic (exact) mass is 340 g/mol.